The van der Waals surface area contributed by atoms with Gasteiger partial charge in [-0.3, -0.25) is 4.79 Å². The van der Waals surface area contributed by atoms with E-state index in [1.807, 2.05) is 13.8 Å². The van der Waals surface area contributed by atoms with Crippen molar-refractivity contribution in [1.82, 2.24) is 0 Å². The Morgan fingerprint density at radius 3 is 2.21 bits per heavy atom. The Hall–Kier alpha value is -1.85. The summed E-state index contributed by atoms with van der Waals surface area (Å²) in [7, 11) is 0. The topological polar surface area (TPSA) is 78.9 Å². The molecule has 0 N–H and O–H groups in total. The van der Waals surface area contributed by atoms with Gasteiger partial charge in [0.2, 0.25) is 0 Å². The van der Waals surface area contributed by atoms with Gasteiger partial charge in [-0.15, -0.1) is 0 Å². The molecule has 6 heteroatoms. The summed E-state index contributed by atoms with van der Waals surface area (Å²) in [6, 6.07) is 0. The second kappa shape index (κ2) is 9.13. The van der Waals surface area contributed by atoms with Crippen LogP contribution in [0.2, 0.25) is 0 Å². The Morgan fingerprint density at radius 1 is 1.05 bits per heavy atom. The molecule has 0 spiro atoms. The Labute approximate surface area is 112 Å². The predicted octanol–water partition coefficient (Wildman–Crippen LogP) is 1.24. The molecule has 0 aliphatic carbocycles. The van der Waals surface area contributed by atoms with E-state index < -0.39 is 24.5 Å². The molecule has 0 aliphatic heterocycles. The van der Waals surface area contributed by atoms with Gasteiger partial charge in [0.1, 0.15) is 0 Å². The number of hydrogen-bond donors (Lipinski definition) is 0. The van der Waals surface area contributed by atoms with Crippen molar-refractivity contribution in [1.29, 1.82) is 0 Å². The lowest BCUT2D eigenvalue weighted by atomic mass is 10.2. The summed E-state index contributed by atoms with van der Waals surface area (Å²) in [5, 5.41) is 0. The molecule has 6 nitrogen and oxygen atoms in total. The molecule has 0 aromatic carbocycles. The van der Waals surface area contributed by atoms with Gasteiger partial charge in [0.15, 0.2) is 6.61 Å². The molecule has 0 radical (unpaired) electrons. The van der Waals surface area contributed by atoms with Crippen molar-refractivity contribution in [2.75, 3.05) is 19.8 Å². The fourth-order valence-corrected chi connectivity index (χ4v) is 0.984. The molecule has 0 fully saturated rings. The van der Waals surface area contributed by atoms with Gasteiger partial charge in [0.25, 0.3) is 0 Å². The van der Waals surface area contributed by atoms with Gasteiger partial charge in [-0.1, -0.05) is 20.4 Å². The highest BCUT2D eigenvalue weighted by Crippen LogP contribution is 2.05. The largest absolute Gasteiger partial charge is 0.463 e. The predicted molar refractivity (Wildman–Crippen MR) is 67.1 cm³/mol. The number of hydrogen-bond acceptors (Lipinski definition) is 6. The highest BCUT2D eigenvalue weighted by atomic mass is 16.6. The maximum atomic E-state index is 11.4. The summed E-state index contributed by atoms with van der Waals surface area (Å²) in [5.41, 5.74) is -0.00508. The highest BCUT2D eigenvalue weighted by Gasteiger charge is 2.15. The maximum absolute atomic E-state index is 11.4. The molecule has 0 saturated heterocycles. The Morgan fingerprint density at radius 2 is 1.68 bits per heavy atom. The van der Waals surface area contributed by atoms with Crippen LogP contribution in [0.5, 0.6) is 0 Å². The van der Waals surface area contributed by atoms with Crippen molar-refractivity contribution < 1.29 is 28.6 Å². The summed E-state index contributed by atoms with van der Waals surface area (Å²) in [5.74, 6) is -1.79. The summed E-state index contributed by atoms with van der Waals surface area (Å²) in [6.07, 6.45) is -0.309. The minimum absolute atomic E-state index is 0.00508. The quantitative estimate of drug-likeness (QED) is 0.376. The summed E-state index contributed by atoms with van der Waals surface area (Å²) in [6.45, 7) is 8.88. The van der Waals surface area contributed by atoms with E-state index in [4.69, 9.17) is 4.74 Å². The van der Waals surface area contributed by atoms with E-state index >= 15 is 0 Å². The van der Waals surface area contributed by atoms with Crippen molar-refractivity contribution in [3.8, 4) is 0 Å². The Bertz CT molecular complexity index is 345. The third-order valence-electron chi connectivity index (χ3n) is 1.85. The van der Waals surface area contributed by atoms with Crippen LogP contribution in [0.25, 0.3) is 0 Å². The molecule has 0 saturated carbocycles. The average Bonchev–Trinajstić information content (AvgIpc) is 2.33. The zero-order valence-electron chi connectivity index (χ0n) is 11.6. The van der Waals surface area contributed by atoms with Crippen molar-refractivity contribution in [3.05, 3.63) is 12.2 Å². The molecule has 0 amide bonds. The first-order valence-corrected chi connectivity index (χ1v) is 6.03. The molecule has 0 unspecified atom stereocenters. The summed E-state index contributed by atoms with van der Waals surface area (Å²) in [4.78, 5) is 33.6. The van der Waals surface area contributed by atoms with Gasteiger partial charge in [0.05, 0.1) is 19.6 Å². The second-order valence-corrected chi connectivity index (χ2v) is 4.24. The van der Waals surface area contributed by atoms with E-state index in [-0.39, 0.29) is 31.1 Å². The molecule has 108 valence electrons. The van der Waals surface area contributed by atoms with E-state index in [0.29, 0.717) is 0 Å². The molecule has 0 heterocycles. The van der Waals surface area contributed by atoms with Gasteiger partial charge >= 0.3 is 17.9 Å². The van der Waals surface area contributed by atoms with E-state index in [1.165, 1.54) is 0 Å². The molecule has 0 aliphatic rings. The van der Waals surface area contributed by atoms with E-state index in [0.717, 1.165) is 0 Å². The first-order valence-electron chi connectivity index (χ1n) is 6.03. The third-order valence-corrected chi connectivity index (χ3v) is 1.85. The number of carbonyl (C=O) groups is 3. The fourth-order valence-electron chi connectivity index (χ4n) is 0.984. The van der Waals surface area contributed by atoms with Crippen molar-refractivity contribution in [2.45, 2.75) is 27.2 Å². The number of carbonyl (C=O) groups excluding carboxylic acids is 3. The van der Waals surface area contributed by atoms with E-state index in [2.05, 4.69) is 16.1 Å². The average molecular weight is 272 g/mol. The van der Waals surface area contributed by atoms with Crippen LogP contribution in [-0.4, -0.2) is 37.7 Å². The van der Waals surface area contributed by atoms with Gasteiger partial charge in [-0.25, -0.2) is 9.59 Å². The van der Waals surface area contributed by atoms with Gasteiger partial charge < -0.3 is 14.2 Å². The number of rotatable bonds is 8. The monoisotopic (exact) mass is 272 g/mol. The fraction of sp³-hybridized carbons (Fsp3) is 0.615. The summed E-state index contributed by atoms with van der Waals surface area (Å²) < 4.78 is 14.1. The molecule has 0 aromatic rings. The first-order chi connectivity index (χ1) is 8.86. The zero-order chi connectivity index (χ0) is 14.8. The van der Waals surface area contributed by atoms with Crippen LogP contribution in [0.4, 0.5) is 0 Å². The van der Waals surface area contributed by atoms with E-state index in [1.54, 1.807) is 6.92 Å². The van der Waals surface area contributed by atoms with Crippen molar-refractivity contribution >= 4 is 17.9 Å². The zero-order valence-corrected chi connectivity index (χ0v) is 11.6. The van der Waals surface area contributed by atoms with Crippen LogP contribution in [0.15, 0.2) is 12.2 Å². The number of esters is 3. The Kier molecular flexibility index (Phi) is 8.24. The standard InChI is InChI=1S/C13H20O6/c1-5-17-12(15)8-18-11(14)6-10(4)13(16)19-7-9(2)3/h9H,4-8H2,1-3H3. The smallest absolute Gasteiger partial charge is 0.344 e. The van der Waals surface area contributed by atoms with Gasteiger partial charge in [-0.05, 0) is 12.8 Å². The maximum Gasteiger partial charge on any atom is 0.344 e. The number of ether oxygens (including phenoxy) is 3. The second-order valence-electron chi connectivity index (χ2n) is 4.24. The van der Waals surface area contributed by atoms with Crippen LogP contribution in [0.3, 0.4) is 0 Å². The van der Waals surface area contributed by atoms with Crippen molar-refractivity contribution in [3.63, 3.8) is 0 Å². The molecular formula is C13H20O6. The molecule has 0 rings (SSSR count). The van der Waals surface area contributed by atoms with Crippen LogP contribution >= 0.6 is 0 Å². The normalized spacial score (nSPS) is 9.89. The van der Waals surface area contributed by atoms with E-state index in [9.17, 15) is 14.4 Å². The molecule has 0 atom stereocenters. The van der Waals surface area contributed by atoms with Crippen molar-refractivity contribution in [2.24, 2.45) is 5.92 Å². The Balaban J connectivity index is 3.95. The lowest BCUT2D eigenvalue weighted by molar-refractivity contribution is -0.158. The highest BCUT2D eigenvalue weighted by molar-refractivity contribution is 5.93. The minimum atomic E-state index is -0.723. The molecule has 19 heavy (non-hydrogen) atoms. The van der Waals surface area contributed by atoms with Crippen LogP contribution in [0.1, 0.15) is 27.2 Å². The molecular weight excluding hydrogens is 252 g/mol. The third kappa shape index (κ3) is 8.82. The molecule has 0 aromatic heterocycles. The molecule has 0 bridgehead atoms. The van der Waals surface area contributed by atoms with Gasteiger partial charge in [-0.2, -0.15) is 0 Å². The van der Waals surface area contributed by atoms with Gasteiger partial charge in [0, 0.05) is 5.57 Å². The first kappa shape index (κ1) is 17.2. The minimum Gasteiger partial charge on any atom is -0.463 e. The SMILES string of the molecule is C=C(CC(=O)OCC(=O)OCC)C(=O)OCC(C)C. The lowest BCUT2D eigenvalue weighted by Crippen LogP contribution is -2.19. The summed E-state index contributed by atoms with van der Waals surface area (Å²) >= 11 is 0. The van der Waals surface area contributed by atoms with Crippen LogP contribution in [-0.2, 0) is 28.6 Å². The van der Waals surface area contributed by atoms with Crippen LogP contribution in [0, 0.1) is 5.92 Å². The van der Waals surface area contributed by atoms with Crippen LogP contribution < -0.4 is 0 Å². The lowest BCUT2D eigenvalue weighted by Gasteiger charge is -2.09.